The van der Waals surface area contributed by atoms with E-state index in [1.807, 2.05) is 6.92 Å². The molecule has 0 spiro atoms. The second kappa shape index (κ2) is 4.69. The summed E-state index contributed by atoms with van der Waals surface area (Å²) in [5.41, 5.74) is 0. The molecule has 2 heteroatoms. The van der Waals surface area contributed by atoms with E-state index in [1.54, 1.807) is 0 Å². The van der Waals surface area contributed by atoms with Crippen LogP contribution in [0.15, 0.2) is 0 Å². The van der Waals surface area contributed by atoms with Crippen LogP contribution in [0.25, 0.3) is 0 Å². The average molecular weight is 145 g/mol. The Morgan fingerprint density at radius 2 is 1.90 bits per heavy atom. The third kappa shape index (κ3) is 3.85. The van der Waals surface area contributed by atoms with Crippen molar-refractivity contribution < 1.29 is 5.11 Å². The van der Waals surface area contributed by atoms with Crippen LogP contribution in [0.5, 0.6) is 0 Å². The summed E-state index contributed by atoms with van der Waals surface area (Å²) in [6, 6.07) is 0.528. The Kier molecular flexibility index (Phi) is 4.65. The number of aliphatic hydroxyl groups excluding tert-OH is 1. The fraction of sp³-hybridized carbons (Fsp3) is 1.00. The molecule has 0 saturated heterocycles. The highest BCUT2D eigenvalue weighted by molar-refractivity contribution is 4.66. The van der Waals surface area contributed by atoms with Crippen LogP contribution in [0.3, 0.4) is 0 Å². The van der Waals surface area contributed by atoms with Gasteiger partial charge in [0.1, 0.15) is 0 Å². The largest absolute Gasteiger partial charge is 0.393 e. The van der Waals surface area contributed by atoms with Crippen LogP contribution in [0.2, 0.25) is 0 Å². The number of rotatable bonds is 4. The monoisotopic (exact) mass is 145 g/mol. The Morgan fingerprint density at radius 1 is 1.40 bits per heavy atom. The second-order valence-electron chi connectivity index (χ2n) is 3.11. The van der Waals surface area contributed by atoms with E-state index >= 15 is 0 Å². The standard InChI is InChI=1S/C8H19NO/c1-5-8(9(3)4)6-7(2)10/h7-8,10H,5-6H2,1-4H3. The summed E-state index contributed by atoms with van der Waals surface area (Å²) >= 11 is 0. The first-order chi connectivity index (χ1) is 4.57. The average Bonchev–Trinajstić information content (AvgIpc) is 1.81. The topological polar surface area (TPSA) is 23.5 Å². The maximum Gasteiger partial charge on any atom is 0.0527 e. The summed E-state index contributed by atoms with van der Waals surface area (Å²) in [5, 5.41) is 9.08. The fourth-order valence-corrected chi connectivity index (χ4v) is 1.14. The van der Waals surface area contributed by atoms with Gasteiger partial charge in [0.05, 0.1) is 6.10 Å². The van der Waals surface area contributed by atoms with Crippen molar-refractivity contribution in [2.24, 2.45) is 0 Å². The van der Waals surface area contributed by atoms with E-state index < -0.39 is 0 Å². The lowest BCUT2D eigenvalue weighted by molar-refractivity contribution is 0.136. The molecule has 2 atom stereocenters. The molecular weight excluding hydrogens is 126 g/mol. The minimum atomic E-state index is -0.174. The van der Waals surface area contributed by atoms with Gasteiger partial charge in [0.2, 0.25) is 0 Å². The van der Waals surface area contributed by atoms with Crippen molar-refractivity contribution in [1.82, 2.24) is 4.90 Å². The highest BCUT2D eigenvalue weighted by Crippen LogP contribution is 2.06. The second-order valence-corrected chi connectivity index (χ2v) is 3.11. The van der Waals surface area contributed by atoms with E-state index in [0.29, 0.717) is 6.04 Å². The van der Waals surface area contributed by atoms with Crippen LogP contribution in [0, 0.1) is 0 Å². The molecule has 0 bridgehead atoms. The number of hydrogen-bond acceptors (Lipinski definition) is 2. The lowest BCUT2D eigenvalue weighted by atomic mass is 10.1. The quantitative estimate of drug-likeness (QED) is 0.640. The molecule has 0 fully saturated rings. The number of aliphatic hydroxyl groups is 1. The molecule has 0 aliphatic carbocycles. The molecule has 0 saturated carbocycles. The zero-order chi connectivity index (χ0) is 8.15. The van der Waals surface area contributed by atoms with Crippen molar-refractivity contribution in [2.75, 3.05) is 14.1 Å². The van der Waals surface area contributed by atoms with E-state index in [9.17, 15) is 0 Å². The van der Waals surface area contributed by atoms with Crippen LogP contribution >= 0.6 is 0 Å². The molecule has 10 heavy (non-hydrogen) atoms. The molecule has 0 aliphatic rings. The van der Waals surface area contributed by atoms with Crippen molar-refractivity contribution in [3.05, 3.63) is 0 Å². The van der Waals surface area contributed by atoms with Gasteiger partial charge in [0.25, 0.3) is 0 Å². The maximum atomic E-state index is 9.08. The summed E-state index contributed by atoms with van der Waals surface area (Å²) in [7, 11) is 4.10. The van der Waals surface area contributed by atoms with E-state index in [1.165, 1.54) is 0 Å². The van der Waals surface area contributed by atoms with Crippen LogP contribution in [-0.2, 0) is 0 Å². The van der Waals surface area contributed by atoms with Gasteiger partial charge in [-0.05, 0) is 33.9 Å². The van der Waals surface area contributed by atoms with Crippen molar-refractivity contribution in [3.8, 4) is 0 Å². The van der Waals surface area contributed by atoms with Gasteiger partial charge in [-0.2, -0.15) is 0 Å². The third-order valence-corrected chi connectivity index (χ3v) is 1.81. The van der Waals surface area contributed by atoms with Crippen molar-refractivity contribution in [3.63, 3.8) is 0 Å². The molecule has 0 aromatic rings. The van der Waals surface area contributed by atoms with Crippen molar-refractivity contribution in [1.29, 1.82) is 0 Å². The molecule has 0 radical (unpaired) electrons. The first kappa shape index (κ1) is 9.92. The zero-order valence-corrected chi connectivity index (χ0v) is 7.46. The predicted octanol–water partition coefficient (Wildman–Crippen LogP) is 1.10. The molecular formula is C8H19NO. The zero-order valence-electron chi connectivity index (χ0n) is 7.46. The van der Waals surface area contributed by atoms with E-state index in [0.717, 1.165) is 12.8 Å². The summed E-state index contributed by atoms with van der Waals surface area (Å²) < 4.78 is 0. The Hall–Kier alpha value is -0.0800. The minimum absolute atomic E-state index is 0.174. The highest BCUT2D eigenvalue weighted by atomic mass is 16.3. The summed E-state index contributed by atoms with van der Waals surface area (Å²) in [6.07, 6.45) is 1.81. The van der Waals surface area contributed by atoms with Gasteiger partial charge in [-0.3, -0.25) is 0 Å². The first-order valence-electron chi connectivity index (χ1n) is 3.92. The SMILES string of the molecule is CCC(CC(C)O)N(C)C. The van der Waals surface area contributed by atoms with E-state index in [2.05, 4.69) is 25.9 Å². The van der Waals surface area contributed by atoms with Gasteiger partial charge in [-0.25, -0.2) is 0 Å². The predicted molar refractivity (Wildman–Crippen MR) is 44.1 cm³/mol. The van der Waals surface area contributed by atoms with Crippen molar-refractivity contribution in [2.45, 2.75) is 38.8 Å². The lowest BCUT2D eigenvalue weighted by Gasteiger charge is -2.23. The molecule has 0 rings (SSSR count). The normalized spacial score (nSPS) is 17.4. The lowest BCUT2D eigenvalue weighted by Crippen LogP contribution is -2.30. The molecule has 2 unspecified atom stereocenters. The molecule has 0 aliphatic heterocycles. The Bertz CT molecular complexity index is 81.3. The molecule has 0 heterocycles. The van der Waals surface area contributed by atoms with E-state index in [-0.39, 0.29) is 6.10 Å². The molecule has 0 aromatic heterocycles. The summed E-state index contributed by atoms with van der Waals surface area (Å²) in [6.45, 7) is 3.99. The smallest absolute Gasteiger partial charge is 0.0527 e. The summed E-state index contributed by atoms with van der Waals surface area (Å²) in [5.74, 6) is 0. The Balaban J connectivity index is 3.60. The van der Waals surface area contributed by atoms with E-state index in [4.69, 9.17) is 5.11 Å². The summed E-state index contributed by atoms with van der Waals surface area (Å²) in [4.78, 5) is 2.16. The number of hydrogen-bond donors (Lipinski definition) is 1. The van der Waals surface area contributed by atoms with Gasteiger partial charge >= 0.3 is 0 Å². The first-order valence-corrected chi connectivity index (χ1v) is 3.92. The third-order valence-electron chi connectivity index (χ3n) is 1.81. The molecule has 0 aromatic carbocycles. The van der Waals surface area contributed by atoms with Gasteiger partial charge in [-0.15, -0.1) is 0 Å². The Labute approximate surface area is 63.8 Å². The molecule has 2 nitrogen and oxygen atoms in total. The molecule has 62 valence electrons. The van der Waals surface area contributed by atoms with Crippen LogP contribution in [-0.4, -0.2) is 36.2 Å². The Morgan fingerprint density at radius 3 is 2.00 bits per heavy atom. The van der Waals surface area contributed by atoms with Crippen LogP contribution in [0.4, 0.5) is 0 Å². The minimum Gasteiger partial charge on any atom is -0.393 e. The molecule has 0 amide bonds. The molecule has 1 N–H and O–H groups in total. The van der Waals surface area contributed by atoms with Gasteiger partial charge < -0.3 is 10.0 Å². The van der Waals surface area contributed by atoms with Gasteiger partial charge in [-0.1, -0.05) is 6.92 Å². The van der Waals surface area contributed by atoms with Gasteiger partial charge in [0.15, 0.2) is 0 Å². The fourth-order valence-electron chi connectivity index (χ4n) is 1.14. The van der Waals surface area contributed by atoms with Crippen molar-refractivity contribution >= 4 is 0 Å². The van der Waals surface area contributed by atoms with Crippen LogP contribution in [0.1, 0.15) is 26.7 Å². The highest BCUT2D eigenvalue weighted by Gasteiger charge is 2.10. The van der Waals surface area contributed by atoms with Gasteiger partial charge in [0, 0.05) is 6.04 Å². The van der Waals surface area contributed by atoms with Crippen LogP contribution < -0.4 is 0 Å². The number of nitrogens with zero attached hydrogens (tertiary/aromatic N) is 1. The maximum absolute atomic E-state index is 9.08.